The van der Waals surface area contributed by atoms with E-state index >= 15 is 0 Å². The van der Waals surface area contributed by atoms with E-state index in [-0.39, 0.29) is 0 Å². The quantitative estimate of drug-likeness (QED) is 0.733. The zero-order valence-electron chi connectivity index (χ0n) is 10.2. The lowest BCUT2D eigenvalue weighted by atomic mass is 10.2. The summed E-state index contributed by atoms with van der Waals surface area (Å²) >= 11 is 11.6. The van der Waals surface area contributed by atoms with E-state index in [2.05, 4.69) is 36.2 Å². The maximum absolute atomic E-state index is 5.87. The molecule has 0 amide bonds. The summed E-state index contributed by atoms with van der Waals surface area (Å²) in [5.74, 6) is 0.557. The molecule has 0 aliphatic carbocycles. The Morgan fingerprint density at radius 3 is 2.00 bits per heavy atom. The third-order valence-corrected chi connectivity index (χ3v) is 3.43. The molecule has 2 aromatic carbocycles. The molecule has 94 valence electrons. The van der Waals surface area contributed by atoms with Gasteiger partial charge >= 0.3 is 0 Å². The lowest BCUT2D eigenvalue weighted by Crippen LogP contribution is -2.16. The van der Waals surface area contributed by atoms with E-state index in [4.69, 9.17) is 23.2 Å². The van der Waals surface area contributed by atoms with Crippen LogP contribution in [0.1, 0.15) is 11.1 Å². The molecule has 2 rings (SSSR count). The molecule has 2 aromatic rings. The van der Waals surface area contributed by atoms with Crippen LogP contribution in [0.4, 0.5) is 5.69 Å². The minimum Gasteiger partial charge on any atom is -0.370 e. The van der Waals surface area contributed by atoms with Gasteiger partial charge in [0.2, 0.25) is 0 Å². The van der Waals surface area contributed by atoms with Gasteiger partial charge in [-0.3, -0.25) is 0 Å². The lowest BCUT2D eigenvalue weighted by Gasteiger charge is -2.19. The third kappa shape index (κ3) is 3.41. The average Bonchev–Trinajstić information content (AvgIpc) is 2.41. The zero-order chi connectivity index (χ0) is 13.0. The van der Waals surface area contributed by atoms with Gasteiger partial charge in [0.15, 0.2) is 0 Å². The van der Waals surface area contributed by atoms with E-state index in [9.17, 15) is 0 Å². The average molecular weight is 280 g/mol. The van der Waals surface area contributed by atoms with Crippen molar-refractivity contribution in [2.75, 3.05) is 11.9 Å². The molecule has 0 heterocycles. The van der Waals surface area contributed by atoms with Crippen molar-refractivity contribution in [2.45, 2.75) is 12.4 Å². The molecule has 18 heavy (non-hydrogen) atoms. The summed E-state index contributed by atoms with van der Waals surface area (Å²) in [7, 11) is 2.07. The fourth-order valence-corrected chi connectivity index (χ4v) is 2.10. The van der Waals surface area contributed by atoms with Crippen molar-refractivity contribution >= 4 is 28.9 Å². The van der Waals surface area contributed by atoms with Crippen LogP contribution in [0.3, 0.4) is 0 Å². The Morgan fingerprint density at radius 2 is 1.44 bits per heavy atom. The first kappa shape index (κ1) is 13.3. The SMILES string of the molecule is CN(Cc1ccc(Cl)cc1)c1ccc(CCl)cc1. The number of anilines is 1. The molecule has 0 radical (unpaired) electrons. The smallest absolute Gasteiger partial charge is 0.0474 e. The van der Waals surface area contributed by atoms with Crippen LogP contribution in [0.15, 0.2) is 48.5 Å². The maximum Gasteiger partial charge on any atom is 0.0474 e. The van der Waals surface area contributed by atoms with Gasteiger partial charge in [-0.15, -0.1) is 11.6 Å². The van der Waals surface area contributed by atoms with Gasteiger partial charge in [-0.2, -0.15) is 0 Å². The van der Waals surface area contributed by atoms with Crippen LogP contribution >= 0.6 is 23.2 Å². The van der Waals surface area contributed by atoms with Crippen LogP contribution in [-0.4, -0.2) is 7.05 Å². The molecule has 0 aromatic heterocycles. The summed E-state index contributed by atoms with van der Waals surface area (Å²) < 4.78 is 0. The Hall–Kier alpha value is -1.18. The summed E-state index contributed by atoms with van der Waals surface area (Å²) in [6, 6.07) is 16.2. The highest BCUT2D eigenvalue weighted by Gasteiger charge is 2.02. The number of hydrogen-bond acceptors (Lipinski definition) is 1. The normalized spacial score (nSPS) is 10.4. The molecule has 0 saturated heterocycles. The van der Waals surface area contributed by atoms with E-state index in [1.807, 2.05) is 24.3 Å². The van der Waals surface area contributed by atoms with Crippen molar-refractivity contribution in [1.82, 2.24) is 0 Å². The molecule has 0 unspecified atom stereocenters. The molecular formula is C15H15Cl2N. The van der Waals surface area contributed by atoms with Crippen LogP contribution in [0.5, 0.6) is 0 Å². The van der Waals surface area contributed by atoms with Crippen molar-refractivity contribution in [2.24, 2.45) is 0 Å². The maximum atomic E-state index is 5.87. The molecule has 3 heteroatoms. The summed E-state index contributed by atoms with van der Waals surface area (Å²) in [6.45, 7) is 0.859. The highest BCUT2D eigenvalue weighted by molar-refractivity contribution is 6.30. The third-order valence-electron chi connectivity index (χ3n) is 2.86. The Morgan fingerprint density at radius 1 is 0.889 bits per heavy atom. The molecule has 0 fully saturated rings. The van der Waals surface area contributed by atoms with E-state index in [1.165, 1.54) is 11.3 Å². The molecule has 1 nitrogen and oxygen atoms in total. The van der Waals surface area contributed by atoms with Crippen LogP contribution < -0.4 is 4.90 Å². The molecule has 0 aliphatic rings. The van der Waals surface area contributed by atoms with Crippen molar-refractivity contribution in [3.05, 3.63) is 64.7 Å². The van der Waals surface area contributed by atoms with Crippen molar-refractivity contribution in [3.8, 4) is 0 Å². The first-order chi connectivity index (χ1) is 8.69. The van der Waals surface area contributed by atoms with E-state index in [0.717, 1.165) is 17.1 Å². The van der Waals surface area contributed by atoms with Crippen LogP contribution in [0.25, 0.3) is 0 Å². The fourth-order valence-electron chi connectivity index (χ4n) is 1.79. The Kier molecular flexibility index (Phi) is 4.51. The second kappa shape index (κ2) is 6.12. The van der Waals surface area contributed by atoms with Crippen molar-refractivity contribution in [1.29, 1.82) is 0 Å². The topological polar surface area (TPSA) is 3.24 Å². The lowest BCUT2D eigenvalue weighted by molar-refractivity contribution is 0.923. The second-order valence-electron chi connectivity index (χ2n) is 4.28. The number of benzene rings is 2. The first-order valence-corrected chi connectivity index (χ1v) is 6.71. The molecule has 0 atom stereocenters. The van der Waals surface area contributed by atoms with Gasteiger partial charge in [0, 0.05) is 30.2 Å². The van der Waals surface area contributed by atoms with Crippen molar-refractivity contribution < 1.29 is 0 Å². The summed E-state index contributed by atoms with van der Waals surface area (Å²) in [5.41, 5.74) is 3.56. The van der Waals surface area contributed by atoms with Gasteiger partial charge in [-0.05, 0) is 35.4 Å². The summed E-state index contributed by atoms with van der Waals surface area (Å²) in [5, 5.41) is 0.771. The Labute approximate surface area is 118 Å². The molecule has 0 saturated carbocycles. The van der Waals surface area contributed by atoms with Gasteiger partial charge in [0.05, 0.1) is 0 Å². The number of hydrogen-bond donors (Lipinski definition) is 0. The monoisotopic (exact) mass is 279 g/mol. The van der Waals surface area contributed by atoms with Gasteiger partial charge in [-0.25, -0.2) is 0 Å². The van der Waals surface area contributed by atoms with Crippen LogP contribution in [0.2, 0.25) is 5.02 Å². The molecule has 0 bridgehead atoms. The molecular weight excluding hydrogens is 265 g/mol. The second-order valence-corrected chi connectivity index (χ2v) is 4.99. The Balaban J connectivity index is 2.06. The number of nitrogens with zero attached hydrogens (tertiary/aromatic N) is 1. The highest BCUT2D eigenvalue weighted by Crippen LogP contribution is 2.18. The first-order valence-electron chi connectivity index (χ1n) is 5.79. The largest absolute Gasteiger partial charge is 0.370 e. The standard InChI is InChI=1S/C15H15Cl2N/c1-18(11-13-2-6-14(17)7-3-13)15-8-4-12(10-16)5-9-15/h2-9H,10-11H2,1H3. The number of rotatable bonds is 4. The number of alkyl halides is 1. The molecule has 0 spiro atoms. The molecule has 0 N–H and O–H groups in total. The van der Waals surface area contributed by atoms with Crippen LogP contribution in [0, 0.1) is 0 Å². The van der Waals surface area contributed by atoms with E-state index in [1.54, 1.807) is 0 Å². The predicted octanol–water partition coefficient (Wildman–Crippen LogP) is 4.72. The molecule has 0 aliphatic heterocycles. The predicted molar refractivity (Wildman–Crippen MR) is 79.6 cm³/mol. The summed E-state index contributed by atoms with van der Waals surface area (Å²) in [6.07, 6.45) is 0. The minimum absolute atomic E-state index is 0.557. The van der Waals surface area contributed by atoms with E-state index < -0.39 is 0 Å². The highest BCUT2D eigenvalue weighted by atomic mass is 35.5. The van der Waals surface area contributed by atoms with E-state index in [0.29, 0.717) is 5.88 Å². The van der Waals surface area contributed by atoms with Gasteiger partial charge in [0.25, 0.3) is 0 Å². The number of halogens is 2. The van der Waals surface area contributed by atoms with Gasteiger partial charge in [-0.1, -0.05) is 35.9 Å². The van der Waals surface area contributed by atoms with Crippen molar-refractivity contribution in [3.63, 3.8) is 0 Å². The van der Waals surface area contributed by atoms with Crippen LogP contribution in [-0.2, 0) is 12.4 Å². The van der Waals surface area contributed by atoms with Gasteiger partial charge < -0.3 is 4.90 Å². The zero-order valence-corrected chi connectivity index (χ0v) is 11.7. The minimum atomic E-state index is 0.557. The Bertz CT molecular complexity index is 491. The fraction of sp³-hybridized carbons (Fsp3) is 0.200. The van der Waals surface area contributed by atoms with Gasteiger partial charge in [0.1, 0.15) is 0 Å². The summed E-state index contributed by atoms with van der Waals surface area (Å²) in [4.78, 5) is 2.20.